The minimum absolute atomic E-state index is 0.0967. The average molecular weight is 312 g/mol. The van der Waals surface area contributed by atoms with Crippen molar-refractivity contribution in [2.24, 2.45) is 0 Å². The number of diazo groups is 1. The lowest BCUT2D eigenvalue weighted by Crippen LogP contribution is -2.11. The number of nitrogens with two attached hydrogens (primary N) is 1. The molecular formula is C17H18N3O3+. The molecule has 0 spiro atoms. The molecule has 2 N–H and O–H groups in total. The molecule has 0 heterocycles. The maximum absolute atomic E-state index is 12.8. The van der Waals surface area contributed by atoms with Crippen molar-refractivity contribution in [1.29, 1.82) is 5.39 Å². The number of benzene rings is 2. The Kier molecular flexibility index (Phi) is 5.15. The Morgan fingerprint density at radius 1 is 1.17 bits per heavy atom. The van der Waals surface area contributed by atoms with E-state index in [0.29, 0.717) is 18.8 Å². The number of ketones is 1. The molecule has 118 valence electrons. The summed E-state index contributed by atoms with van der Waals surface area (Å²) in [6, 6.07) is 10.2. The molecule has 0 aliphatic carbocycles. The summed E-state index contributed by atoms with van der Waals surface area (Å²) >= 11 is 0. The number of carbonyl (C=O) groups excluding carboxylic acids is 1. The summed E-state index contributed by atoms with van der Waals surface area (Å²) in [4.78, 5) is 16.0. The predicted octanol–water partition coefficient (Wildman–Crippen LogP) is 3.78. The Balaban J connectivity index is 2.67. The van der Waals surface area contributed by atoms with Crippen molar-refractivity contribution in [3.63, 3.8) is 0 Å². The first-order valence-corrected chi connectivity index (χ1v) is 7.30. The van der Waals surface area contributed by atoms with E-state index in [1.807, 2.05) is 6.07 Å². The van der Waals surface area contributed by atoms with Crippen LogP contribution in [0.5, 0.6) is 11.5 Å². The third kappa shape index (κ3) is 3.24. The fourth-order valence-corrected chi connectivity index (χ4v) is 2.25. The van der Waals surface area contributed by atoms with Crippen molar-refractivity contribution in [2.45, 2.75) is 13.8 Å². The van der Waals surface area contributed by atoms with E-state index in [-0.39, 0.29) is 34.2 Å². The fraction of sp³-hybridized carbons (Fsp3) is 0.235. The van der Waals surface area contributed by atoms with E-state index in [4.69, 9.17) is 20.6 Å². The molecule has 0 radical (unpaired) electrons. The van der Waals surface area contributed by atoms with Gasteiger partial charge < -0.3 is 15.2 Å². The van der Waals surface area contributed by atoms with Crippen LogP contribution in [0, 0.1) is 5.39 Å². The molecular weight excluding hydrogens is 294 g/mol. The molecule has 6 nitrogen and oxygen atoms in total. The molecule has 0 saturated carbocycles. The molecule has 0 bridgehead atoms. The number of nitrogen functional groups attached to an aromatic ring is 1. The minimum Gasteiger partial charge on any atom is -0.493 e. The number of hydrogen-bond donors (Lipinski definition) is 1. The van der Waals surface area contributed by atoms with Crippen LogP contribution in [0.2, 0.25) is 0 Å². The summed E-state index contributed by atoms with van der Waals surface area (Å²) in [6.45, 7) is 4.22. The first-order valence-electron chi connectivity index (χ1n) is 7.30. The molecule has 2 aromatic rings. The first kappa shape index (κ1) is 16.3. The number of nitrogens with zero attached hydrogens (tertiary/aromatic N) is 2. The Hall–Kier alpha value is -3.07. The summed E-state index contributed by atoms with van der Waals surface area (Å²) in [5, 5.41) is 9.16. The molecule has 23 heavy (non-hydrogen) atoms. The Bertz CT molecular complexity index is 752. The van der Waals surface area contributed by atoms with Gasteiger partial charge in [0.1, 0.15) is 5.75 Å². The lowest BCUT2D eigenvalue weighted by Gasteiger charge is -2.14. The third-order valence-corrected chi connectivity index (χ3v) is 3.22. The second-order valence-corrected chi connectivity index (χ2v) is 4.67. The summed E-state index contributed by atoms with van der Waals surface area (Å²) in [5.41, 5.74) is 7.02. The summed E-state index contributed by atoms with van der Waals surface area (Å²) in [5.74, 6) is 0.143. The van der Waals surface area contributed by atoms with E-state index in [0.717, 1.165) is 0 Å². The van der Waals surface area contributed by atoms with Gasteiger partial charge in [-0.05, 0) is 13.8 Å². The molecule has 0 saturated heterocycles. The van der Waals surface area contributed by atoms with Crippen molar-refractivity contribution >= 4 is 17.2 Å². The molecule has 0 atom stereocenters. The number of ether oxygens (including phenoxy) is 2. The van der Waals surface area contributed by atoms with E-state index in [1.165, 1.54) is 6.07 Å². The maximum Gasteiger partial charge on any atom is 0.432 e. The molecule has 6 heteroatoms. The summed E-state index contributed by atoms with van der Waals surface area (Å²) in [7, 11) is 0. The van der Waals surface area contributed by atoms with Crippen molar-refractivity contribution in [3.8, 4) is 11.5 Å². The van der Waals surface area contributed by atoms with Gasteiger partial charge in [-0.2, -0.15) is 0 Å². The molecule has 0 aliphatic heterocycles. The van der Waals surface area contributed by atoms with Crippen molar-refractivity contribution in [3.05, 3.63) is 52.5 Å². The van der Waals surface area contributed by atoms with E-state index in [9.17, 15) is 4.79 Å². The lowest BCUT2D eigenvalue weighted by atomic mass is 9.99. The number of hydrogen-bond acceptors (Lipinski definition) is 5. The Morgan fingerprint density at radius 3 is 2.39 bits per heavy atom. The first-order chi connectivity index (χ1) is 11.1. The second-order valence-electron chi connectivity index (χ2n) is 4.67. The van der Waals surface area contributed by atoms with Gasteiger partial charge in [-0.15, -0.1) is 0 Å². The SMILES string of the molecule is CCOc1cc([N+]#N)c(OCC)c(N)c1C(=O)c1ccccc1. The van der Waals surface area contributed by atoms with Crippen LogP contribution in [0.3, 0.4) is 0 Å². The standard InChI is InChI=1S/C17H17N3O3/c1-3-22-13-10-12(20-19)17(23-4-2)15(18)14(13)16(21)11-8-6-5-7-9-11/h5-10H,3-4H2,1-2H3,(H-,18,21)/p+1. The van der Waals surface area contributed by atoms with E-state index >= 15 is 0 Å². The summed E-state index contributed by atoms with van der Waals surface area (Å²) in [6.07, 6.45) is 0. The lowest BCUT2D eigenvalue weighted by molar-refractivity contribution is 0.103. The highest BCUT2D eigenvalue weighted by Crippen LogP contribution is 2.43. The van der Waals surface area contributed by atoms with Crippen LogP contribution in [-0.4, -0.2) is 19.0 Å². The zero-order chi connectivity index (χ0) is 16.8. The van der Waals surface area contributed by atoms with Crippen molar-refractivity contribution in [2.75, 3.05) is 18.9 Å². The highest BCUT2D eigenvalue weighted by Gasteiger charge is 2.29. The number of carbonyl (C=O) groups is 1. The minimum atomic E-state index is -0.281. The molecule has 0 aromatic heterocycles. The quantitative estimate of drug-likeness (QED) is 0.498. The van der Waals surface area contributed by atoms with Crippen molar-refractivity contribution < 1.29 is 14.3 Å². The zero-order valence-electron chi connectivity index (χ0n) is 13.1. The highest BCUT2D eigenvalue weighted by molar-refractivity contribution is 6.15. The third-order valence-electron chi connectivity index (χ3n) is 3.22. The monoisotopic (exact) mass is 312 g/mol. The van der Waals surface area contributed by atoms with Gasteiger partial charge in [0.05, 0.1) is 30.5 Å². The fourth-order valence-electron chi connectivity index (χ4n) is 2.25. The van der Waals surface area contributed by atoms with Crippen LogP contribution in [0.15, 0.2) is 36.4 Å². The smallest absolute Gasteiger partial charge is 0.432 e. The van der Waals surface area contributed by atoms with Gasteiger partial charge in [0.15, 0.2) is 10.8 Å². The molecule has 0 fully saturated rings. The van der Waals surface area contributed by atoms with Crippen LogP contribution in [0.1, 0.15) is 29.8 Å². The highest BCUT2D eigenvalue weighted by atomic mass is 16.5. The van der Waals surface area contributed by atoms with Gasteiger partial charge in [-0.3, -0.25) is 4.79 Å². The van der Waals surface area contributed by atoms with Gasteiger partial charge in [0, 0.05) is 5.56 Å². The second kappa shape index (κ2) is 7.27. The predicted molar refractivity (Wildman–Crippen MR) is 87.8 cm³/mol. The number of anilines is 1. The Labute approximate surface area is 134 Å². The van der Waals surface area contributed by atoms with Gasteiger partial charge in [-0.1, -0.05) is 30.3 Å². The average Bonchev–Trinajstić information content (AvgIpc) is 2.58. The van der Waals surface area contributed by atoms with Gasteiger partial charge in [0.25, 0.3) is 0 Å². The van der Waals surface area contributed by atoms with E-state index < -0.39 is 0 Å². The van der Waals surface area contributed by atoms with Gasteiger partial charge in [-0.25, -0.2) is 0 Å². The van der Waals surface area contributed by atoms with Gasteiger partial charge in [0.2, 0.25) is 11.1 Å². The van der Waals surface area contributed by atoms with E-state index in [1.54, 1.807) is 38.1 Å². The summed E-state index contributed by atoms with van der Waals surface area (Å²) < 4.78 is 10.9. The molecule has 2 rings (SSSR count). The normalized spacial score (nSPS) is 9.96. The van der Waals surface area contributed by atoms with Crippen LogP contribution in [-0.2, 0) is 0 Å². The van der Waals surface area contributed by atoms with Crippen molar-refractivity contribution in [1.82, 2.24) is 0 Å². The van der Waals surface area contributed by atoms with Crippen LogP contribution in [0.4, 0.5) is 11.4 Å². The van der Waals surface area contributed by atoms with Crippen LogP contribution in [0.25, 0.3) is 4.98 Å². The molecule has 0 unspecified atom stereocenters. The molecule has 0 amide bonds. The zero-order valence-corrected chi connectivity index (χ0v) is 13.1. The Morgan fingerprint density at radius 2 is 1.83 bits per heavy atom. The maximum atomic E-state index is 12.8. The molecule has 0 aliphatic rings. The molecule has 2 aromatic carbocycles. The number of rotatable bonds is 6. The van der Waals surface area contributed by atoms with Crippen LogP contribution >= 0.6 is 0 Å². The topological polar surface area (TPSA) is 89.7 Å². The van der Waals surface area contributed by atoms with Crippen LogP contribution < -0.4 is 15.2 Å². The largest absolute Gasteiger partial charge is 0.493 e. The van der Waals surface area contributed by atoms with E-state index in [2.05, 4.69) is 4.98 Å². The van der Waals surface area contributed by atoms with Gasteiger partial charge >= 0.3 is 5.69 Å².